The highest BCUT2D eigenvalue weighted by Gasteiger charge is 2.44. The van der Waals surface area contributed by atoms with Crippen LogP contribution in [-0.4, -0.2) is 35.2 Å². The summed E-state index contributed by atoms with van der Waals surface area (Å²) in [6.07, 6.45) is 1.24. The van der Waals surface area contributed by atoms with Gasteiger partial charge in [0.1, 0.15) is 11.9 Å². The van der Waals surface area contributed by atoms with Crippen molar-refractivity contribution in [2.24, 2.45) is 0 Å². The number of benzene rings is 2. The first kappa shape index (κ1) is 18.0. The first-order chi connectivity index (χ1) is 13.5. The highest BCUT2D eigenvalue weighted by Crippen LogP contribution is 2.35. The molecule has 2 aliphatic rings. The van der Waals surface area contributed by atoms with Crippen LogP contribution in [0.3, 0.4) is 0 Å². The third-order valence-corrected chi connectivity index (χ3v) is 5.20. The lowest BCUT2D eigenvalue weighted by molar-refractivity contribution is -0.384. The van der Waals surface area contributed by atoms with E-state index in [0.717, 1.165) is 16.9 Å². The molecule has 0 spiro atoms. The van der Waals surface area contributed by atoms with Crippen LogP contribution in [0.25, 0.3) is 5.70 Å². The molecule has 0 radical (unpaired) electrons. The van der Waals surface area contributed by atoms with Crippen LogP contribution in [0.2, 0.25) is 0 Å². The number of nitro benzene ring substituents is 1. The molecule has 0 saturated carbocycles. The molecule has 1 saturated heterocycles. The van der Waals surface area contributed by atoms with E-state index in [0.29, 0.717) is 5.70 Å². The van der Waals surface area contributed by atoms with Crippen LogP contribution in [0.4, 0.5) is 5.69 Å². The zero-order chi connectivity index (χ0) is 19.8. The number of hydrogen-bond acceptors (Lipinski definition) is 6. The second kappa shape index (κ2) is 6.97. The van der Waals surface area contributed by atoms with E-state index in [1.54, 1.807) is 24.3 Å². The Bertz CT molecular complexity index is 940. The van der Waals surface area contributed by atoms with Gasteiger partial charge < -0.3 is 10.1 Å². The van der Waals surface area contributed by atoms with Crippen molar-refractivity contribution in [2.75, 3.05) is 7.11 Å². The predicted molar refractivity (Wildman–Crippen MR) is 103 cm³/mol. The third-order valence-electron chi connectivity index (χ3n) is 5.20. The highest BCUT2D eigenvalue weighted by molar-refractivity contribution is 5.97. The maximum Gasteiger partial charge on any atom is 0.269 e. The molecular formula is C20H20N4O4. The second-order valence-electron chi connectivity index (χ2n) is 6.88. The van der Waals surface area contributed by atoms with E-state index in [1.165, 1.54) is 18.2 Å². The number of hydrazine groups is 1. The molecule has 0 bridgehead atoms. The minimum Gasteiger partial charge on any atom is -0.497 e. The normalized spacial score (nSPS) is 23.6. The quantitative estimate of drug-likeness (QED) is 0.625. The Morgan fingerprint density at radius 2 is 1.79 bits per heavy atom. The number of nitrogens with zero attached hydrogens (tertiary/aromatic N) is 2. The first-order valence-corrected chi connectivity index (χ1v) is 8.94. The van der Waals surface area contributed by atoms with Gasteiger partial charge in [0.25, 0.3) is 11.6 Å². The monoisotopic (exact) mass is 380 g/mol. The summed E-state index contributed by atoms with van der Waals surface area (Å²) in [4.78, 5) is 23.1. The topological polar surface area (TPSA) is 96.7 Å². The molecule has 0 aromatic heterocycles. The first-order valence-electron chi connectivity index (χ1n) is 8.94. The molecule has 8 nitrogen and oxygen atoms in total. The number of methoxy groups -OCH3 is 1. The van der Waals surface area contributed by atoms with Crippen LogP contribution in [0.15, 0.2) is 54.6 Å². The minimum atomic E-state index is -0.443. The van der Waals surface area contributed by atoms with Gasteiger partial charge in [0.2, 0.25) is 0 Å². The molecular weight excluding hydrogens is 360 g/mol. The largest absolute Gasteiger partial charge is 0.497 e. The summed E-state index contributed by atoms with van der Waals surface area (Å²) in [5, 5.41) is 15.9. The van der Waals surface area contributed by atoms with E-state index in [4.69, 9.17) is 4.74 Å². The molecule has 2 aliphatic heterocycles. The van der Waals surface area contributed by atoms with Crippen molar-refractivity contribution in [1.82, 2.24) is 15.8 Å². The van der Waals surface area contributed by atoms with E-state index in [2.05, 4.69) is 10.7 Å². The Labute approximate surface area is 161 Å². The standard InChI is InChI=1S/C20H20N4O4/c1-12-19(14-5-9-16(28-2)10-6-14)20-21-17(11-18(25)23(20)22-12)13-3-7-15(8-4-13)24(26)27/h3-12,19-22H,1-2H3. The molecule has 144 valence electrons. The zero-order valence-electron chi connectivity index (χ0n) is 15.5. The second-order valence-corrected chi connectivity index (χ2v) is 6.88. The number of amides is 1. The van der Waals surface area contributed by atoms with Crippen molar-refractivity contribution in [3.63, 3.8) is 0 Å². The lowest BCUT2D eigenvalue weighted by Gasteiger charge is -2.33. The maximum atomic E-state index is 12.7. The Hall–Kier alpha value is -3.39. The molecule has 2 aromatic rings. The van der Waals surface area contributed by atoms with Crippen LogP contribution in [0, 0.1) is 10.1 Å². The minimum absolute atomic E-state index is 0.0142. The van der Waals surface area contributed by atoms with E-state index >= 15 is 0 Å². The summed E-state index contributed by atoms with van der Waals surface area (Å²) < 4.78 is 5.23. The van der Waals surface area contributed by atoms with Crippen molar-refractivity contribution in [1.29, 1.82) is 0 Å². The van der Waals surface area contributed by atoms with Crippen LogP contribution in [0.5, 0.6) is 5.75 Å². The molecule has 1 amide bonds. The van der Waals surface area contributed by atoms with E-state index in [9.17, 15) is 14.9 Å². The summed E-state index contributed by atoms with van der Waals surface area (Å²) in [7, 11) is 1.62. The summed E-state index contributed by atoms with van der Waals surface area (Å²) >= 11 is 0. The van der Waals surface area contributed by atoms with Gasteiger partial charge in [-0.05, 0) is 42.3 Å². The van der Waals surface area contributed by atoms with E-state index in [-0.39, 0.29) is 29.7 Å². The van der Waals surface area contributed by atoms with Crippen molar-refractivity contribution < 1.29 is 14.5 Å². The molecule has 8 heteroatoms. The maximum absolute atomic E-state index is 12.7. The third kappa shape index (κ3) is 3.07. The summed E-state index contributed by atoms with van der Waals surface area (Å²) in [6.45, 7) is 2.04. The summed E-state index contributed by atoms with van der Waals surface area (Å²) in [5.74, 6) is 0.648. The average Bonchev–Trinajstić information content (AvgIpc) is 3.04. The Morgan fingerprint density at radius 1 is 1.11 bits per heavy atom. The zero-order valence-corrected chi connectivity index (χ0v) is 15.5. The fraction of sp³-hybridized carbons (Fsp3) is 0.250. The predicted octanol–water partition coefficient (Wildman–Crippen LogP) is 2.39. The number of rotatable bonds is 4. The van der Waals surface area contributed by atoms with Gasteiger partial charge in [0, 0.05) is 35.9 Å². The molecule has 2 aromatic carbocycles. The number of hydrogen-bond donors (Lipinski definition) is 2. The Balaban J connectivity index is 1.63. The molecule has 0 aliphatic carbocycles. The number of fused-ring (bicyclic) bond motifs is 1. The van der Waals surface area contributed by atoms with E-state index < -0.39 is 4.92 Å². The van der Waals surface area contributed by atoms with Crippen molar-refractivity contribution >= 4 is 17.3 Å². The lowest BCUT2D eigenvalue weighted by atomic mass is 9.90. The number of ether oxygens (including phenoxy) is 1. The van der Waals surface area contributed by atoms with Crippen LogP contribution >= 0.6 is 0 Å². The molecule has 28 heavy (non-hydrogen) atoms. The van der Waals surface area contributed by atoms with Gasteiger partial charge in [-0.3, -0.25) is 19.9 Å². The van der Waals surface area contributed by atoms with Gasteiger partial charge in [0.15, 0.2) is 0 Å². The van der Waals surface area contributed by atoms with Crippen molar-refractivity contribution in [3.05, 3.63) is 75.8 Å². The Morgan fingerprint density at radius 3 is 2.39 bits per heavy atom. The highest BCUT2D eigenvalue weighted by atomic mass is 16.6. The fourth-order valence-electron chi connectivity index (χ4n) is 3.79. The van der Waals surface area contributed by atoms with Crippen molar-refractivity contribution in [2.45, 2.75) is 25.0 Å². The van der Waals surface area contributed by atoms with E-state index in [1.807, 2.05) is 31.2 Å². The molecule has 2 N–H and O–H groups in total. The van der Waals surface area contributed by atoms with Gasteiger partial charge in [-0.2, -0.15) is 0 Å². The smallest absolute Gasteiger partial charge is 0.269 e. The van der Waals surface area contributed by atoms with Gasteiger partial charge in [-0.25, -0.2) is 5.43 Å². The Kier molecular flexibility index (Phi) is 4.48. The molecule has 4 rings (SSSR count). The number of carbonyl (C=O) groups is 1. The molecule has 1 fully saturated rings. The van der Waals surface area contributed by atoms with Crippen LogP contribution in [-0.2, 0) is 4.79 Å². The van der Waals surface area contributed by atoms with Gasteiger partial charge >= 0.3 is 0 Å². The average molecular weight is 380 g/mol. The lowest BCUT2D eigenvalue weighted by Crippen LogP contribution is -2.52. The number of nitro groups is 1. The SMILES string of the molecule is COc1ccc(C2C(C)NN3C(=O)C=C(c4ccc([N+](=O)[O-])cc4)NC23)cc1. The molecule has 3 unspecified atom stereocenters. The summed E-state index contributed by atoms with van der Waals surface area (Å²) in [6, 6.07) is 14.0. The summed E-state index contributed by atoms with van der Waals surface area (Å²) in [5.41, 5.74) is 5.71. The number of non-ortho nitro benzene ring substituents is 1. The molecule has 2 heterocycles. The van der Waals surface area contributed by atoms with Crippen LogP contribution in [0.1, 0.15) is 24.0 Å². The number of nitrogens with one attached hydrogen (secondary N) is 2. The van der Waals surface area contributed by atoms with Gasteiger partial charge in [-0.1, -0.05) is 12.1 Å². The molecule has 3 atom stereocenters. The number of carbonyl (C=O) groups excluding carboxylic acids is 1. The fourth-order valence-corrected chi connectivity index (χ4v) is 3.79. The van der Waals surface area contributed by atoms with Gasteiger partial charge in [-0.15, -0.1) is 0 Å². The van der Waals surface area contributed by atoms with Gasteiger partial charge in [0.05, 0.1) is 12.0 Å². The van der Waals surface area contributed by atoms with Crippen LogP contribution < -0.4 is 15.5 Å². The van der Waals surface area contributed by atoms with Crippen molar-refractivity contribution in [3.8, 4) is 5.75 Å².